The van der Waals surface area contributed by atoms with E-state index in [2.05, 4.69) is 15.0 Å². The fourth-order valence-electron chi connectivity index (χ4n) is 1.11. The van der Waals surface area contributed by atoms with Crippen molar-refractivity contribution in [3.8, 4) is 0 Å². The molecule has 2 aromatic rings. The Morgan fingerprint density at radius 2 is 2.08 bits per heavy atom. The van der Waals surface area contributed by atoms with Crippen LogP contribution < -0.4 is 0 Å². The molecule has 3 nitrogen and oxygen atoms in total. The van der Waals surface area contributed by atoms with E-state index < -0.39 is 0 Å². The quantitative estimate of drug-likeness (QED) is 0.526. The number of rotatable bonds is 0. The Morgan fingerprint density at radius 3 is 2.83 bits per heavy atom. The van der Waals surface area contributed by atoms with Crippen molar-refractivity contribution in [2.75, 3.05) is 0 Å². The molecule has 2 rings (SSSR count). The van der Waals surface area contributed by atoms with Crippen molar-refractivity contribution in [1.82, 2.24) is 15.0 Å². The van der Waals surface area contributed by atoms with Gasteiger partial charge in [0.25, 0.3) is 0 Å². The summed E-state index contributed by atoms with van der Waals surface area (Å²) in [5.74, 6) is 0. The average molecular weight is 202 g/mol. The maximum atomic E-state index is 5.85. The summed E-state index contributed by atoms with van der Waals surface area (Å²) in [4.78, 5) is 10.8. The molecule has 0 saturated carbocycles. The van der Waals surface area contributed by atoms with Crippen molar-refractivity contribution >= 4 is 34.2 Å². The predicted molar refractivity (Wildman–Crippen MR) is 48.6 cm³/mol. The third kappa shape index (κ3) is 1.06. The molecule has 2 aromatic heterocycles. The van der Waals surface area contributed by atoms with E-state index in [0.717, 1.165) is 10.9 Å². The van der Waals surface area contributed by atoms with Gasteiger partial charge >= 0.3 is 0 Å². The number of hydrogen-bond donors (Lipinski definition) is 1. The van der Waals surface area contributed by atoms with E-state index >= 15 is 0 Å². The van der Waals surface area contributed by atoms with E-state index in [1.54, 1.807) is 0 Å². The molecular formula is C7H5Cl2N3. The molecule has 0 aliphatic heterocycles. The van der Waals surface area contributed by atoms with Crippen LogP contribution in [0.2, 0.25) is 10.4 Å². The first kappa shape index (κ1) is 7.83. The molecule has 0 fully saturated rings. The topological polar surface area (TPSA) is 41.6 Å². The molecule has 0 bridgehead atoms. The Bertz CT molecular complexity index is 435. The maximum Gasteiger partial charge on any atom is 0.225 e. The van der Waals surface area contributed by atoms with Crippen molar-refractivity contribution in [3.63, 3.8) is 0 Å². The van der Waals surface area contributed by atoms with Gasteiger partial charge in [-0.1, -0.05) is 11.6 Å². The second-order valence-corrected chi connectivity index (χ2v) is 3.17. The van der Waals surface area contributed by atoms with Gasteiger partial charge in [-0.15, -0.1) is 0 Å². The Balaban J connectivity index is 2.93. The van der Waals surface area contributed by atoms with Crippen LogP contribution in [0.15, 0.2) is 6.20 Å². The Hall–Kier alpha value is -0.800. The summed E-state index contributed by atoms with van der Waals surface area (Å²) in [5.41, 5.74) is 1.70. The van der Waals surface area contributed by atoms with Gasteiger partial charge in [0.2, 0.25) is 5.28 Å². The minimum atomic E-state index is 0.161. The van der Waals surface area contributed by atoms with Crippen LogP contribution >= 0.6 is 23.2 Å². The number of hydrogen-bond acceptors (Lipinski definition) is 2. The van der Waals surface area contributed by atoms with Crippen molar-refractivity contribution < 1.29 is 0 Å². The summed E-state index contributed by atoms with van der Waals surface area (Å²) >= 11 is 11.5. The Labute approximate surface area is 78.7 Å². The number of nitrogens with zero attached hydrogens (tertiary/aromatic N) is 2. The molecule has 12 heavy (non-hydrogen) atoms. The highest BCUT2D eigenvalue weighted by atomic mass is 35.5. The summed E-state index contributed by atoms with van der Waals surface area (Å²) in [7, 11) is 0. The lowest BCUT2D eigenvalue weighted by Crippen LogP contribution is -1.84. The van der Waals surface area contributed by atoms with Gasteiger partial charge in [0, 0.05) is 6.20 Å². The third-order valence-corrected chi connectivity index (χ3v) is 2.10. The molecule has 2 heterocycles. The zero-order valence-electron chi connectivity index (χ0n) is 6.23. The van der Waals surface area contributed by atoms with Crippen LogP contribution in [-0.2, 0) is 0 Å². The van der Waals surface area contributed by atoms with Gasteiger partial charge in [0.15, 0.2) is 0 Å². The van der Waals surface area contributed by atoms with E-state index in [1.165, 1.54) is 0 Å². The van der Waals surface area contributed by atoms with E-state index in [0.29, 0.717) is 10.8 Å². The second kappa shape index (κ2) is 2.61. The van der Waals surface area contributed by atoms with Gasteiger partial charge in [0.05, 0.1) is 5.39 Å². The van der Waals surface area contributed by atoms with Crippen LogP contribution in [0.3, 0.4) is 0 Å². The fourth-order valence-corrected chi connectivity index (χ4v) is 1.64. The van der Waals surface area contributed by atoms with Crippen molar-refractivity contribution in [1.29, 1.82) is 0 Å². The van der Waals surface area contributed by atoms with E-state index in [1.807, 2.05) is 13.1 Å². The Kier molecular flexibility index (Phi) is 1.70. The molecule has 0 saturated heterocycles. The second-order valence-electron chi connectivity index (χ2n) is 2.48. The van der Waals surface area contributed by atoms with E-state index in [9.17, 15) is 0 Å². The van der Waals surface area contributed by atoms with Crippen LogP contribution in [0.1, 0.15) is 5.56 Å². The molecule has 0 aromatic carbocycles. The zero-order chi connectivity index (χ0) is 8.72. The molecule has 0 atom stereocenters. The van der Waals surface area contributed by atoms with E-state index in [-0.39, 0.29) is 5.28 Å². The normalized spacial score (nSPS) is 10.9. The lowest BCUT2D eigenvalue weighted by molar-refractivity contribution is 1.20. The summed E-state index contributed by atoms with van der Waals surface area (Å²) in [5, 5.41) is 1.39. The highest BCUT2D eigenvalue weighted by Gasteiger charge is 2.07. The molecular weight excluding hydrogens is 197 g/mol. The maximum absolute atomic E-state index is 5.85. The number of nitrogens with one attached hydrogen (secondary N) is 1. The molecule has 0 amide bonds. The van der Waals surface area contributed by atoms with Crippen molar-refractivity contribution in [3.05, 3.63) is 22.2 Å². The van der Waals surface area contributed by atoms with Gasteiger partial charge in [-0.3, -0.25) is 0 Å². The van der Waals surface area contributed by atoms with Gasteiger partial charge in [-0.2, -0.15) is 4.98 Å². The Morgan fingerprint density at radius 1 is 1.33 bits per heavy atom. The fraction of sp³-hybridized carbons (Fsp3) is 0.143. The largest absolute Gasteiger partial charge is 0.346 e. The minimum absolute atomic E-state index is 0.161. The number of fused-ring (bicyclic) bond motifs is 1. The number of aromatic nitrogens is 3. The summed E-state index contributed by atoms with van der Waals surface area (Å²) in [6.07, 6.45) is 1.82. The molecule has 62 valence electrons. The molecule has 0 radical (unpaired) electrons. The summed E-state index contributed by atoms with van der Waals surface area (Å²) < 4.78 is 0. The van der Waals surface area contributed by atoms with Gasteiger partial charge in [-0.25, -0.2) is 4.98 Å². The smallest absolute Gasteiger partial charge is 0.225 e. The zero-order valence-corrected chi connectivity index (χ0v) is 7.74. The lowest BCUT2D eigenvalue weighted by atomic mass is 10.3. The van der Waals surface area contributed by atoms with Crippen LogP contribution in [-0.4, -0.2) is 15.0 Å². The third-order valence-electron chi connectivity index (χ3n) is 1.66. The number of H-pyrrole nitrogens is 1. The van der Waals surface area contributed by atoms with Gasteiger partial charge in [-0.05, 0) is 24.1 Å². The molecule has 0 aliphatic carbocycles. The number of aromatic amines is 1. The van der Waals surface area contributed by atoms with Gasteiger partial charge < -0.3 is 4.98 Å². The first-order valence-electron chi connectivity index (χ1n) is 3.35. The SMILES string of the molecule is Cc1c[nH]c2nc(Cl)nc(Cl)c12. The van der Waals surface area contributed by atoms with E-state index in [4.69, 9.17) is 23.2 Å². The number of halogens is 2. The molecule has 0 spiro atoms. The van der Waals surface area contributed by atoms with Crippen LogP contribution in [0, 0.1) is 6.92 Å². The molecule has 1 N–H and O–H groups in total. The molecule has 5 heteroatoms. The summed E-state index contributed by atoms with van der Waals surface area (Å²) in [6.45, 7) is 1.93. The number of aryl methyl sites for hydroxylation is 1. The van der Waals surface area contributed by atoms with Crippen LogP contribution in [0.4, 0.5) is 0 Å². The van der Waals surface area contributed by atoms with Crippen molar-refractivity contribution in [2.24, 2.45) is 0 Å². The highest BCUT2D eigenvalue weighted by Crippen LogP contribution is 2.24. The highest BCUT2D eigenvalue weighted by molar-refractivity contribution is 6.35. The summed E-state index contributed by atoms with van der Waals surface area (Å²) in [6, 6.07) is 0. The first-order chi connectivity index (χ1) is 5.68. The van der Waals surface area contributed by atoms with Crippen molar-refractivity contribution in [2.45, 2.75) is 6.92 Å². The lowest BCUT2D eigenvalue weighted by Gasteiger charge is -1.94. The average Bonchev–Trinajstić information content (AvgIpc) is 2.31. The standard InChI is InChI=1S/C7H5Cl2N3/c1-3-2-10-6-4(3)5(8)11-7(9)12-6/h2H,1H3,(H,10,11,12). The minimum Gasteiger partial charge on any atom is -0.346 e. The monoisotopic (exact) mass is 201 g/mol. The van der Waals surface area contributed by atoms with Crippen LogP contribution in [0.5, 0.6) is 0 Å². The molecule has 0 aliphatic rings. The first-order valence-corrected chi connectivity index (χ1v) is 4.11. The molecule has 0 unspecified atom stereocenters. The predicted octanol–water partition coefficient (Wildman–Crippen LogP) is 2.57. The van der Waals surface area contributed by atoms with Crippen LogP contribution in [0.25, 0.3) is 11.0 Å². The van der Waals surface area contributed by atoms with Gasteiger partial charge in [0.1, 0.15) is 10.8 Å².